The summed E-state index contributed by atoms with van der Waals surface area (Å²) in [6, 6.07) is 17.5. The molecule has 2 aromatic carbocycles. The van der Waals surface area contributed by atoms with Crippen LogP contribution in [0, 0.1) is 0 Å². The number of nitrogens with zero attached hydrogens (tertiary/aromatic N) is 1. The van der Waals surface area contributed by atoms with Crippen LogP contribution in [-0.2, 0) is 4.79 Å². The van der Waals surface area contributed by atoms with Gasteiger partial charge in [-0.2, -0.15) is 5.10 Å². The van der Waals surface area contributed by atoms with Crippen molar-refractivity contribution in [2.75, 3.05) is 6.61 Å². The first-order valence-electron chi connectivity index (χ1n) is 9.04. The fourth-order valence-electron chi connectivity index (χ4n) is 2.87. The lowest BCUT2D eigenvalue weighted by molar-refractivity contribution is -0.122. The van der Waals surface area contributed by atoms with Gasteiger partial charge in [-0.1, -0.05) is 48.5 Å². The van der Waals surface area contributed by atoms with Crippen molar-refractivity contribution in [1.29, 1.82) is 0 Å². The third-order valence-corrected chi connectivity index (χ3v) is 4.21. The molecule has 0 spiro atoms. The monoisotopic (exact) mass is 364 g/mol. The van der Waals surface area contributed by atoms with E-state index < -0.39 is 0 Å². The molecule has 1 fully saturated rings. The highest BCUT2D eigenvalue weighted by atomic mass is 16.5. The highest BCUT2D eigenvalue weighted by Gasteiger charge is 2.30. The molecule has 2 aromatic rings. The van der Waals surface area contributed by atoms with Crippen molar-refractivity contribution in [3.05, 3.63) is 71.8 Å². The molecule has 1 aliphatic heterocycles. The van der Waals surface area contributed by atoms with Crippen molar-refractivity contribution >= 4 is 18.2 Å². The van der Waals surface area contributed by atoms with Crippen molar-refractivity contribution in [2.45, 2.75) is 25.4 Å². The fourth-order valence-corrected chi connectivity index (χ4v) is 2.87. The van der Waals surface area contributed by atoms with Gasteiger partial charge in [0.05, 0.1) is 6.61 Å². The Balaban J connectivity index is 1.48. The minimum absolute atomic E-state index is 0.0445. The molecule has 27 heavy (non-hydrogen) atoms. The topological polar surface area (TPSA) is 74.8 Å². The molecule has 0 aliphatic carbocycles. The summed E-state index contributed by atoms with van der Waals surface area (Å²) in [7, 11) is 0. The molecule has 6 nitrogen and oxygen atoms in total. The van der Waals surface area contributed by atoms with Crippen LogP contribution in [0.5, 0.6) is 5.75 Å². The number of nitrogens with one attached hydrogen (secondary N) is 3. The number of rotatable bonds is 7. The Morgan fingerprint density at radius 3 is 2.89 bits per heavy atom. The summed E-state index contributed by atoms with van der Waals surface area (Å²) in [6.45, 7) is 2.58. The van der Waals surface area contributed by atoms with Crippen molar-refractivity contribution in [3.8, 4) is 5.75 Å². The number of hydrogen-bond acceptors (Lipinski definition) is 5. The Hall–Kier alpha value is -2.96. The van der Waals surface area contributed by atoms with Gasteiger partial charge >= 0.3 is 0 Å². The van der Waals surface area contributed by atoms with E-state index in [0.29, 0.717) is 13.0 Å². The van der Waals surface area contributed by atoms with Gasteiger partial charge in [-0.3, -0.25) is 4.79 Å². The van der Waals surface area contributed by atoms with Gasteiger partial charge in [0, 0.05) is 12.3 Å². The number of hydrazine groups is 1. The summed E-state index contributed by atoms with van der Waals surface area (Å²) < 4.78 is 5.54. The normalized spacial score (nSPS) is 19.6. The van der Waals surface area contributed by atoms with Gasteiger partial charge in [-0.25, -0.2) is 16.3 Å². The number of hydrogen-bond donors (Lipinski definition) is 3. The Bertz CT molecular complexity index is 805. The van der Waals surface area contributed by atoms with E-state index in [2.05, 4.69) is 21.4 Å². The summed E-state index contributed by atoms with van der Waals surface area (Å²) in [6.07, 6.45) is 5.91. The van der Waals surface area contributed by atoms with Crippen LogP contribution in [0.1, 0.15) is 30.5 Å². The molecule has 0 aromatic heterocycles. The molecule has 1 amide bonds. The molecule has 0 bridgehead atoms. The zero-order valence-corrected chi connectivity index (χ0v) is 15.3. The van der Waals surface area contributed by atoms with Crippen molar-refractivity contribution in [2.24, 2.45) is 5.10 Å². The first-order chi connectivity index (χ1) is 13.3. The van der Waals surface area contributed by atoms with E-state index in [0.717, 1.165) is 16.9 Å². The molecule has 0 radical (unpaired) electrons. The summed E-state index contributed by atoms with van der Waals surface area (Å²) in [5, 5.41) is 3.97. The van der Waals surface area contributed by atoms with Crippen molar-refractivity contribution in [3.63, 3.8) is 0 Å². The predicted octanol–water partition coefficient (Wildman–Crippen LogP) is 2.81. The second-order valence-corrected chi connectivity index (χ2v) is 6.16. The van der Waals surface area contributed by atoms with Gasteiger partial charge in [-0.15, -0.1) is 0 Å². The third kappa shape index (κ3) is 5.51. The molecule has 6 heteroatoms. The van der Waals surface area contributed by atoms with Gasteiger partial charge in [0.25, 0.3) is 5.91 Å². The molecule has 2 atom stereocenters. The summed E-state index contributed by atoms with van der Waals surface area (Å²) >= 11 is 0. The first-order valence-corrected chi connectivity index (χ1v) is 9.04. The van der Waals surface area contributed by atoms with Gasteiger partial charge in [0.2, 0.25) is 0 Å². The second-order valence-electron chi connectivity index (χ2n) is 6.16. The van der Waals surface area contributed by atoms with Crippen LogP contribution in [0.25, 0.3) is 6.08 Å². The maximum atomic E-state index is 12.2. The van der Waals surface area contributed by atoms with Crippen LogP contribution >= 0.6 is 0 Å². The van der Waals surface area contributed by atoms with Crippen molar-refractivity contribution in [1.82, 2.24) is 16.3 Å². The fraction of sp³-hybridized carbons (Fsp3) is 0.238. The number of amides is 1. The average Bonchev–Trinajstić information content (AvgIpc) is 3.19. The quantitative estimate of drug-likeness (QED) is 0.522. The Kier molecular flexibility index (Phi) is 6.73. The largest absolute Gasteiger partial charge is 0.494 e. The molecular weight excluding hydrogens is 340 g/mol. The Labute approximate surface area is 159 Å². The lowest BCUT2D eigenvalue weighted by atomic mass is 10.0. The summed E-state index contributed by atoms with van der Waals surface area (Å²) in [5.74, 6) is 0.662. The van der Waals surface area contributed by atoms with Crippen LogP contribution < -0.4 is 21.0 Å². The van der Waals surface area contributed by atoms with E-state index in [-0.39, 0.29) is 18.0 Å². The van der Waals surface area contributed by atoms with E-state index >= 15 is 0 Å². The molecule has 1 saturated heterocycles. The van der Waals surface area contributed by atoms with Crippen LogP contribution in [0.4, 0.5) is 0 Å². The number of benzene rings is 2. The maximum Gasteiger partial charge on any atom is 0.258 e. The number of allylic oxidation sites excluding steroid dienone is 1. The smallest absolute Gasteiger partial charge is 0.258 e. The number of carbonyl (C=O) groups is 1. The zero-order chi connectivity index (χ0) is 18.9. The van der Waals surface area contributed by atoms with Gasteiger partial charge in [0.1, 0.15) is 11.8 Å². The predicted molar refractivity (Wildman–Crippen MR) is 107 cm³/mol. The van der Waals surface area contributed by atoms with Crippen LogP contribution in [0.15, 0.2) is 65.8 Å². The minimum atomic E-state index is -0.346. The van der Waals surface area contributed by atoms with E-state index in [4.69, 9.17) is 4.74 Å². The summed E-state index contributed by atoms with van der Waals surface area (Å²) in [4.78, 5) is 12.2. The minimum Gasteiger partial charge on any atom is -0.494 e. The van der Waals surface area contributed by atoms with Crippen LogP contribution in [-0.4, -0.2) is 24.8 Å². The van der Waals surface area contributed by atoms with Crippen LogP contribution in [0.2, 0.25) is 0 Å². The highest BCUT2D eigenvalue weighted by molar-refractivity contribution is 5.84. The first kappa shape index (κ1) is 18.8. The second kappa shape index (κ2) is 9.66. The van der Waals surface area contributed by atoms with E-state index in [9.17, 15) is 4.79 Å². The zero-order valence-electron chi connectivity index (χ0n) is 15.3. The lowest BCUT2D eigenvalue weighted by Gasteiger charge is -2.11. The number of carbonyl (C=O) groups excluding carboxylic acids is 1. The van der Waals surface area contributed by atoms with Gasteiger partial charge < -0.3 is 4.74 Å². The number of hydrazone groups is 1. The van der Waals surface area contributed by atoms with Crippen molar-refractivity contribution < 1.29 is 9.53 Å². The molecule has 0 saturated carbocycles. The SMILES string of the molecule is CCOc1cccc(C2CC(C(=O)N/N=C/C=C/c3ccccc3)NN2)c1. The Morgan fingerprint density at radius 2 is 2.07 bits per heavy atom. The van der Waals surface area contributed by atoms with Gasteiger partial charge in [-0.05, 0) is 42.7 Å². The molecule has 1 aliphatic rings. The average molecular weight is 364 g/mol. The highest BCUT2D eigenvalue weighted by Crippen LogP contribution is 2.25. The lowest BCUT2D eigenvalue weighted by Crippen LogP contribution is -2.41. The van der Waals surface area contributed by atoms with E-state index in [1.165, 1.54) is 0 Å². The standard InChI is InChI=1S/C21H24N4O2/c1-2-27-18-12-6-11-17(14-18)19-15-20(24-23-19)21(26)25-22-13-7-10-16-8-4-3-5-9-16/h3-14,19-20,23-24H,2,15H2,1H3,(H,25,26)/b10-7+,22-13+. The molecular formula is C21H24N4O2. The maximum absolute atomic E-state index is 12.2. The molecule has 3 rings (SSSR count). The number of ether oxygens (including phenoxy) is 1. The summed E-state index contributed by atoms with van der Waals surface area (Å²) in [5.41, 5.74) is 10.9. The third-order valence-electron chi connectivity index (χ3n) is 4.21. The Morgan fingerprint density at radius 1 is 1.22 bits per heavy atom. The van der Waals surface area contributed by atoms with E-state index in [1.54, 1.807) is 12.3 Å². The molecule has 2 unspecified atom stereocenters. The van der Waals surface area contributed by atoms with E-state index in [1.807, 2.05) is 67.6 Å². The molecule has 3 N–H and O–H groups in total. The molecule has 1 heterocycles. The van der Waals surface area contributed by atoms with Crippen LogP contribution in [0.3, 0.4) is 0 Å². The molecule has 140 valence electrons. The van der Waals surface area contributed by atoms with Gasteiger partial charge in [0.15, 0.2) is 0 Å².